The number of carbonyl (C=O) groups is 3. The summed E-state index contributed by atoms with van der Waals surface area (Å²) in [7, 11) is 2.13. The van der Waals surface area contributed by atoms with Crippen LogP contribution < -0.4 is 10.2 Å². The number of piperazine rings is 1. The molecular weight excluding hydrogens is 526 g/mol. The fourth-order valence-corrected chi connectivity index (χ4v) is 7.63. The first-order valence-corrected chi connectivity index (χ1v) is 15.0. The number of hydrogen-bond donors (Lipinski definition) is 1. The highest BCUT2D eigenvalue weighted by Crippen LogP contribution is 2.42. The van der Waals surface area contributed by atoms with Crippen LogP contribution in [0.15, 0.2) is 29.6 Å². The maximum atomic E-state index is 13.7. The minimum Gasteiger partial charge on any atom is -0.367 e. The Labute approximate surface area is 238 Å². The van der Waals surface area contributed by atoms with E-state index >= 15 is 0 Å². The molecule has 4 aliphatic rings. The molecule has 40 heavy (non-hydrogen) atoms. The lowest BCUT2D eigenvalue weighted by molar-refractivity contribution is -0.131. The largest absolute Gasteiger partial charge is 0.367 e. The number of thiazole rings is 1. The van der Waals surface area contributed by atoms with Crippen LogP contribution in [0.4, 0.5) is 5.13 Å². The van der Waals surface area contributed by atoms with Crippen LogP contribution in [0, 0.1) is 24.2 Å². The van der Waals surface area contributed by atoms with Crippen LogP contribution >= 0.6 is 11.3 Å². The Hall–Kier alpha value is -3.10. The molecule has 9 nitrogen and oxygen atoms in total. The zero-order chi connectivity index (χ0) is 27.9. The molecule has 3 aliphatic heterocycles. The van der Waals surface area contributed by atoms with E-state index in [2.05, 4.69) is 28.1 Å². The molecule has 1 N–H and O–H groups in total. The molecule has 0 bridgehead atoms. The summed E-state index contributed by atoms with van der Waals surface area (Å²) < 4.78 is 5.74. The summed E-state index contributed by atoms with van der Waals surface area (Å²) in [5.41, 5.74) is 0.928. The molecular formula is C30H35N5O4S. The molecule has 3 saturated heterocycles. The normalized spacial score (nSPS) is 27.4. The van der Waals surface area contributed by atoms with Crippen molar-refractivity contribution in [3.05, 3.63) is 35.2 Å². The molecule has 210 valence electrons. The van der Waals surface area contributed by atoms with Crippen LogP contribution in [0.3, 0.4) is 0 Å². The van der Waals surface area contributed by atoms with Crippen molar-refractivity contribution in [1.29, 1.82) is 0 Å². The number of amides is 1. The third-order valence-corrected chi connectivity index (χ3v) is 9.96. The number of fused-ring (bicyclic) bond motifs is 1. The van der Waals surface area contributed by atoms with Crippen molar-refractivity contribution < 1.29 is 19.1 Å². The number of carbonyl (C=O) groups excluding carboxylic acids is 3. The van der Waals surface area contributed by atoms with Gasteiger partial charge in [0.25, 0.3) is 5.91 Å². The fourth-order valence-electron chi connectivity index (χ4n) is 6.74. The molecule has 1 aromatic carbocycles. The number of likely N-dealkylation sites (N-methyl/N-ethyl adjacent to an activating group) is 1. The summed E-state index contributed by atoms with van der Waals surface area (Å²) in [5, 5.41) is 6.15. The van der Waals surface area contributed by atoms with Crippen LogP contribution in [0.25, 0.3) is 11.3 Å². The highest BCUT2D eigenvalue weighted by atomic mass is 32.1. The van der Waals surface area contributed by atoms with Crippen LogP contribution in [0.2, 0.25) is 0 Å². The number of rotatable bonds is 7. The van der Waals surface area contributed by atoms with Gasteiger partial charge >= 0.3 is 0 Å². The van der Waals surface area contributed by atoms with Gasteiger partial charge in [-0.3, -0.25) is 19.3 Å². The molecule has 1 aliphatic carbocycles. The Bertz CT molecular complexity index is 1310. The predicted molar refractivity (Wildman–Crippen MR) is 153 cm³/mol. The molecule has 6 rings (SSSR count). The van der Waals surface area contributed by atoms with Crippen LogP contribution in [-0.2, 0) is 14.3 Å². The molecule has 2 aromatic rings. The van der Waals surface area contributed by atoms with Gasteiger partial charge in [0.15, 0.2) is 22.9 Å². The summed E-state index contributed by atoms with van der Waals surface area (Å²) in [6, 6.07) is 6.69. The van der Waals surface area contributed by atoms with E-state index in [1.807, 2.05) is 22.4 Å². The number of aldehydes is 1. The smallest absolute Gasteiger partial charge is 0.253 e. The average molecular weight is 562 g/mol. The molecule has 1 aromatic heterocycles. The first-order chi connectivity index (χ1) is 19.4. The summed E-state index contributed by atoms with van der Waals surface area (Å²) in [4.78, 5) is 50.8. The molecule has 10 heteroatoms. The van der Waals surface area contributed by atoms with E-state index < -0.39 is 17.8 Å². The van der Waals surface area contributed by atoms with Crippen molar-refractivity contribution in [3.8, 4) is 23.6 Å². The van der Waals surface area contributed by atoms with E-state index in [-0.39, 0.29) is 30.1 Å². The molecule has 4 atom stereocenters. The van der Waals surface area contributed by atoms with Gasteiger partial charge in [-0.05, 0) is 32.0 Å². The predicted octanol–water partition coefficient (Wildman–Crippen LogP) is 2.28. The summed E-state index contributed by atoms with van der Waals surface area (Å²) >= 11 is 1.63. The molecule has 4 fully saturated rings. The number of anilines is 1. The van der Waals surface area contributed by atoms with Gasteiger partial charge in [0.2, 0.25) is 0 Å². The van der Waals surface area contributed by atoms with E-state index in [1.54, 1.807) is 23.5 Å². The minimum atomic E-state index is -1.32. The number of hydrogen-bond acceptors (Lipinski definition) is 9. The number of ketones is 1. The quantitative estimate of drug-likeness (QED) is 0.407. The third-order valence-electron chi connectivity index (χ3n) is 9.05. The van der Waals surface area contributed by atoms with E-state index in [0.29, 0.717) is 12.1 Å². The fraction of sp³-hybridized carbons (Fsp3) is 0.533. The first kappa shape index (κ1) is 27.1. The molecule has 4 heterocycles. The second-order valence-electron chi connectivity index (χ2n) is 11.4. The van der Waals surface area contributed by atoms with Gasteiger partial charge < -0.3 is 19.9 Å². The summed E-state index contributed by atoms with van der Waals surface area (Å²) in [6.45, 7) is 4.26. The molecule has 4 unspecified atom stereocenters. The van der Waals surface area contributed by atoms with Crippen molar-refractivity contribution >= 4 is 34.4 Å². The van der Waals surface area contributed by atoms with Gasteiger partial charge in [0.1, 0.15) is 12.6 Å². The highest BCUT2D eigenvalue weighted by molar-refractivity contribution is 7.14. The Balaban J connectivity index is 1.23. The second-order valence-corrected chi connectivity index (χ2v) is 12.2. The van der Waals surface area contributed by atoms with E-state index in [9.17, 15) is 14.4 Å². The van der Waals surface area contributed by atoms with Gasteiger partial charge in [-0.1, -0.05) is 30.9 Å². The Morgan fingerprint density at radius 2 is 1.93 bits per heavy atom. The monoisotopic (exact) mass is 561 g/mol. The van der Waals surface area contributed by atoms with Crippen molar-refractivity contribution in [1.82, 2.24) is 20.1 Å². The average Bonchev–Trinajstić information content (AvgIpc) is 3.79. The summed E-state index contributed by atoms with van der Waals surface area (Å²) in [6.07, 6.45) is 9.69. The Kier molecular flexibility index (Phi) is 7.48. The maximum absolute atomic E-state index is 13.7. The van der Waals surface area contributed by atoms with E-state index in [4.69, 9.17) is 16.1 Å². The number of ether oxygens (including phenoxy) is 1. The van der Waals surface area contributed by atoms with E-state index in [1.165, 1.54) is 0 Å². The number of Topliss-reactive ketones (excluding diaryl/α,β-unsaturated/α-hetero) is 1. The zero-order valence-electron chi connectivity index (χ0n) is 22.8. The standard InChI is InChI=1S/C30H35N5O4S/c1-3-20-16-35(26-25(37)17-39-27(20)26)30(19-36,23-6-4-5-7-23)32-28(38)22-10-8-21(9-11-22)24-18-40-29(31-24)34-14-12-33(2)13-15-34/h1,8-11,18-20,23,26-27H,4-7,12-17H2,2H3,(H,32,38). The number of benzene rings is 1. The van der Waals surface area contributed by atoms with Crippen molar-refractivity contribution in [2.24, 2.45) is 11.8 Å². The second kappa shape index (κ2) is 11.1. The Morgan fingerprint density at radius 1 is 1.20 bits per heavy atom. The number of nitrogens with zero attached hydrogens (tertiary/aromatic N) is 4. The van der Waals surface area contributed by atoms with Gasteiger partial charge in [-0.15, -0.1) is 17.8 Å². The molecule has 0 radical (unpaired) electrons. The number of aromatic nitrogens is 1. The van der Waals surface area contributed by atoms with Crippen LogP contribution in [0.1, 0.15) is 36.0 Å². The van der Waals surface area contributed by atoms with Gasteiger partial charge in [0, 0.05) is 55.1 Å². The van der Waals surface area contributed by atoms with Crippen LogP contribution in [-0.4, -0.2) is 96.9 Å². The SMILES string of the molecule is C#CC1CN(C(C=O)(NC(=O)c2ccc(-c3csc(N4CCN(C)CC4)n3)cc2)C2CCCC2)C2C(=O)COC12. The molecule has 1 saturated carbocycles. The topological polar surface area (TPSA) is 95.1 Å². The lowest BCUT2D eigenvalue weighted by atomic mass is 9.88. The number of likely N-dealkylation sites (tertiary alicyclic amines) is 1. The number of nitrogens with one attached hydrogen (secondary N) is 1. The number of terminal acetylenes is 1. The van der Waals surface area contributed by atoms with Crippen molar-refractivity contribution in [3.63, 3.8) is 0 Å². The minimum absolute atomic E-state index is 0.0217. The first-order valence-electron chi connectivity index (χ1n) is 14.1. The summed E-state index contributed by atoms with van der Waals surface area (Å²) in [5.74, 6) is 1.87. The molecule has 0 spiro atoms. The van der Waals surface area contributed by atoms with Crippen molar-refractivity contribution in [2.45, 2.75) is 43.5 Å². The lowest BCUT2D eigenvalue weighted by Crippen LogP contribution is -2.68. The zero-order valence-corrected chi connectivity index (χ0v) is 23.6. The third kappa shape index (κ3) is 4.75. The highest BCUT2D eigenvalue weighted by Gasteiger charge is 2.59. The Morgan fingerprint density at radius 3 is 2.60 bits per heavy atom. The van der Waals surface area contributed by atoms with E-state index in [0.717, 1.165) is 74.5 Å². The van der Waals surface area contributed by atoms with Gasteiger partial charge in [0.05, 0.1) is 17.7 Å². The lowest BCUT2D eigenvalue weighted by Gasteiger charge is -2.44. The van der Waals surface area contributed by atoms with Crippen molar-refractivity contribution in [2.75, 3.05) is 51.3 Å². The molecule has 1 amide bonds. The van der Waals surface area contributed by atoms with Crippen LogP contribution in [0.5, 0.6) is 0 Å². The van der Waals surface area contributed by atoms with Gasteiger partial charge in [-0.25, -0.2) is 4.98 Å². The maximum Gasteiger partial charge on any atom is 0.253 e. The van der Waals surface area contributed by atoms with Gasteiger partial charge in [-0.2, -0.15) is 0 Å².